The Hall–Kier alpha value is -1.51. The van der Waals surface area contributed by atoms with Crippen molar-refractivity contribution in [3.05, 3.63) is 29.1 Å². The largest absolute Gasteiger partial charge is 0.478 e. The average Bonchev–Trinajstić information content (AvgIpc) is 2.41. The molecular weight excluding hydrogens is 301 g/mol. The van der Waals surface area contributed by atoms with Gasteiger partial charge in [-0.1, -0.05) is 0 Å². The first-order valence-electron chi connectivity index (χ1n) is 6.45. The van der Waals surface area contributed by atoms with Crippen LogP contribution in [0.4, 0.5) is 4.39 Å². The first kappa shape index (κ1) is 15.9. The molecule has 0 unspecified atom stereocenters. The van der Waals surface area contributed by atoms with E-state index >= 15 is 0 Å². The highest BCUT2D eigenvalue weighted by atomic mass is 32.2. The zero-order valence-electron chi connectivity index (χ0n) is 11.4. The van der Waals surface area contributed by atoms with E-state index in [1.165, 1.54) is 6.92 Å². The zero-order valence-corrected chi connectivity index (χ0v) is 12.2. The monoisotopic (exact) mass is 317 g/mol. The quantitative estimate of drug-likeness (QED) is 0.873. The molecule has 0 radical (unpaired) electrons. The minimum absolute atomic E-state index is 0.0976. The first-order chi connectivity index (χ1) is 9.81. The molecule has 21 heavy (non-hydrogen) atoms. The fourth-order valence-corrected chi connectivity index (χ4v) is 3.74. The highest BCUT2D eigenvalue weighted by Gasteiger charge is 2.26. The molecule has 116 valence electrons. The second-order valence-electron chi connectivity index (χ2n) is 4.89. The van der Waals surface area contributed by atoms with Gasteiger partial charge in [-0.05, 0) is 31.9 Å². The number of benzene rings is 1. The van der Waals surface area contributed by atoms with Crippen molar-refractivity contribution in [1.29, 1.82) is 0 Å². The van der Waals surface area contributed by atoms with Crippen LogP contribution in [0.1, 0.15) is 28.8 Å². The molecular formula is C13H16FNO5S. The third kappa shape index (κ3) is 3.58. The number of carbonyl (C=O) groups is 1. The summed E-state index contributed by atoms with van der Waals surface area (Å²) in [6.07, 6.45) is 1.05. The van der Waals surface area contributed by atoms with Gasteiger partial charge in [-0.2, -0.15) is 0 Å². The number of sulfonamides is 1. The second-order valence-corrected chi connectivity index (χ2v) is 6.58. The van der Waals surface area contributed by atoms with Crippen LogP contribution < -0.4 is 4.72 Å². The molecule has 1 aliphatic heterocycles. The minimum Gasteiger partial charge on any atom is -0.478 e. The smallest absolute Gasteiger partial charge is 0.335 e. The highest BCUT2D eigenvalue weighted by molar-refractivity contribution is 7.89. The maximum Gasteiger partial charge on any atom is 0.335 e. The van der Waals surface area contributed by atoms with Crippen molar-refractivity contribution < 1.29 is 27.4 Å². The molecule has 1 heterocycles. The normalized spacial score (nSPS) is 16.9. The summed E-state index contributed by atoms with van der Waals surface area (Å²) in [4.78, 5) is 10.6. The standard InChI is InChI=1S/C13H16FNO5S/c1-8-11(14)6-9(13(16)17)7-12(8)21(18,19)15-10-2-4-20-5-3-10/h6-7,10,15H,2-5H2,1H3,(H,16,17). The lowest BCUT2D eigenvalue weighted by Gasteiger charge is -2.23. The molecule has 1 fully saturated rings. The van der Waals surface area contributed by atoms with Gasteiger partial charge in [-0.3, -0.25) is 0 Å². The summed E-state index contributed by atoms with van der Waals surface area (Å²) in [5.41, 5.74) is -0.495. The number of halogens is 1. The summed E-state index contributed by atoms with van der Waals surface area (Å²) in [6.45, 7) is 2.21. The van der Waals surface area contributed by atoms with Crippen molar-refractivity contribution in [2.24, 2.45) is 0 Å². The molecule has 1 aliphatic rings. The molecule has 0 atom stereocenters. The van der Waals surface area contributed by atoms with E-state index in [9.17, 15) is 17.6 Å². The molecule has 2 rings (SSSR count). The van der Waals surface area contributed by atoms with Gasteiger partial charge in [0.1, 0.15) is 5.82 Å². The van der Waals surface area contributed by atoms with Crippen LogP contribution >= 0.6 is 0 Å². The van der Waals surface area contributed by atoms with Crippen LogP contribution in [0.15, 0.2) is 17.0 Å². The Morgan fingerprint density at radius 3 is 2.57 bits per heavy atom. The maximum atomic E-state index is 13.7. The van der Waals surface area contributed by atoms with E-state index in [-0.39, 0.29) is 16.5 Å². The van der Waals surface area contributed by atoms with Crippen molar-refractivity contribution in [2.75, 3.05) is 13.2 Å². The maximum absolute atomic E-state index is 13.7. The van der Waals surface area contributed by atoms with Crippen LogP contribution in [0.25, 0.3) is 0 Å². The van der Waals surface area contributed by atoms with Gasteiger partial charge in [0.05, 0.1) is 10.5 Å². The number of aromatic carboxylic acids is 1. The molecule has 0 saturated carbocycles. The lowest BCUT2D eigenvalue weighted by atomic mass is 10.1. The Balaban J connectivity index is 2.36. The third-order valence-electron chi connectivity index (χ3n) is 3.38. The Kier molecular flexibility index (Phi) is 4.60. The van der Waals surface area contributed by atoms with Crippen LogP contribution in [-0.4, -0.2) is 38.7 Å². The van der Waals surface area contributed by atoms with Gasteiger partial charge in [0.15, 0.2) is 0 Å². The van der Waals surface area contributed by atoms with Crippen molar-refractivity contribution >= 4 is 16.0 Å². The van der Waals surface area contributed by atoms with E-state index in [1.54, 1.807) is 0 Å². The van der Waals surface area contributed by atoms with Gasteiger partial charge in [0.25, 0.3) is 0 Å². The van der Waals surface area contributed by atoms with Gasteiger partial charge in [0, 0.05) is 24.8 Å². The van der Waals surface area contributed by atoms with Crippen LogP contribution in [0.3, 0.4) is 0 Å². The fraction of sp³-hybridized carbons (Fsp3) is 0.462. The van der Waals surface area contributed by atoms with Gasteiger partial charge in [-0.15, -0.1) is 0 Å². The Labute approximate surface area is 122 Å². The summed E-state index contributed by atoms with van der Waals surface area (Å²) < 4.78 is 46.0. The number of rotatable bonds is 4. The first-order valence-corrected chi connectivity index (χ1v) is 7.93. The summed E-state index contributed by atoms with van der Waals surface area (Å²) in [5, 5.41) is 8.91. The summed E-state index contributed by atoms with van der Waals surface area (Å²) in [5.74, 6) is -2.24. The number of carboxylic acid groups (broad SMARTS) is 1. The van der Waals surface area contributed by atoms with Gasteiger partial charge in [0.2, 0.25) is 10.0 Å². The SMILES string of the molecule is Cc1c(F)cc(C(=O)O)cc1S(=O)(=O)NC1CCOCC1. The van der Waals surface area contributed by atoms with E-state index in [0.29, 0.717) is 26.1 Å². The average molecular weight is 317 g/mol. The molecule has 0 aromatic heterocycles. The van der Waals surface area contributed by atoms with Crippen molar-refractivity contribution in [1.82, 2.24) is 4.72 Å². The topological polar surface area (TPSA) is 92.7 Å². The van der Waals surface area contributed by atoms with E-state index in [0.717, 1.165) is 12.1 Å². The molecule has 0 spiro atoms. The van der Waals surface area contributed by atoms with Gasteiger partial charge in [-0.25, -0.2) is 22.3 Å². The van der Waals surface area contributed by atoms with Crippen LogP contribution in [-0.2, 0) is 14.8 Å². The Morgan fingerprint density at radius 1 is 1.38 bits per heavy atom. The zero-order chi connectivity index (χ0) is 15.6. The number of ether oxygens (including phenoxy) is 1. The third-order valence-corrected chi connectivity index (χ3v) is 5.02. The molecule has 0 aliphatic carbocycles. The number of hydrogen-bond donors (Lipinski definition) is 2. The number of hydrogen-bond acceptors (Lipinski definition) is 4. The van der Waals surface area contributed by atoms with Gasteiger partial charge >= 0.3 is 5.97 Å². The summed E-state index contributed by atoms with van der Waals surface area (Å²) >= 11 is 0. The lowest BCUT2D eigenvalue weighted by molar-refractivity contribution is 0.0696. The van der Waals surface area contributed by atoms with Crippen molar-refractivity contribution in [3.8, 4) is 0 Å². The number of carboxylic acids is 1. The van der Waals surface area contributed by atoms with Crippen molar-refractivity contribution in [3.63, 3.8) is 0 Å². The predicted octanol–water partition coefficient (Wildman–Crippen LogP) is 1.29. The van der Waals surface area contributed by atoms with Crippen molar-refractivity contribution in [2.45, 2.75) is 30.7 Å². The molecule has 2 N–H and O–H groups in total. The molecule has 6 nitrogen and oxygen atoms in total. The summed E-state index contributed by atoms with van der Waals surface area (Å²) in [7, 11) is -3.98. The molecule has 1 saturated heterocycles. The number of nitrogens with one attached hydrogen (secondary N) is 1. The van der Waals surface area contributed by atoms with Crippen LogP contribution in [0.2, 0.25) is 0 Å². The van der Waals surface area contributed by atoms with E-state index in [1.807, 2.05) is 0 Å². The Morgan fingerprint density at radius 2 is 2.00 bits per heavy atom. The molecule has 1 aromatic rings. The van der Waals surface area contributed by atoms with Gasteiger partial charge < -0.3 is 9.84 Å². The summed E-state index contributed by atoms with van der Waals surface area (Å²) in [6, 6.07) is 1.49. The molecule has 0 bridgehead atoms. The van der Waals surface area contributed by atoms with Crippen LogP contribution in [0, 0.1) is 12.7 Å². The van der Waals surface area contributed by atoms with E-state index in [2.05, 4.69) is 4.72 Å². The second kappa shape index (κ2) is 6.08. The molecule has 8 heteroatoms. The van der Waals surface area contributed by atoms with Crippen LogP contribution in [0.5, 0.6) is 0 Å². The highest BCUT2D eigenvalue weighted by Crippen LogP contribution is 2.22. The molecule has 1 aromatic carbocycles. The fourth-order valence-electron chi connectivity index (χ4n) is 2.15. The van der Waals surface area contributed by atoms with E-state index in [4.69, 9.17) is 9.84 Å². The predicted molar refractivity (Wildman–Crippen MR) is 72.3 cm³/mol. The Bertz CT molecular complexity index is 653. The lowest BCUT2D eigenvalue weighted by Crippen LogP contribution is -2.39. The minimum atomic E-state index is -3.98. The molecule has 0 amide bonds. The van der Waals surface area contributed by atoms with E-state index < -0.39 is 27.4 Å².